The summed E-state index contributed by atoms with van der Waals surface area (Å²) in [7, 11) is 0. The molecule has 0 bridgehead atoms. The number of hydrogen-bond donors (Lipinski definition) is 4. The Balaban J connectivity index is 1.98. The first-order chi connectivity index (χ1) is 9.95. The molecule has 0 amide bonds. The summed E-state index contributed by atoms with van der Waals surface area (Å²) in [6.45, 7) is 1.79. The number of aromatic hydroxyl groups is 3. The minimum absolute atomic E-state index is 0.141. The van der Waals surface area contributed by atoms with Gasteiger partial charge in [0.15, 0.2) is 11.5 Å². The van der Waals surface area contributed by atoms with Gasteiger partial charge in [-0.15, -0.1) is 0 Å². The molecule has 0 aliphatic carbocycles. The lowest BCUT2D eigenvalue weighted by molar-refractivity contribution is 0.0204. The molecule has 1 heterocycles. The second-order valence-corrected chi connectivity index (χ2v) is 5.30. The fourth-order valence-electron chi connectivity index (χ4n) is 2.51. The standard InChI is InChI=1S/C16H16O5/c1-8-2-3-9(4-11(8)17)16-14(20)6-10-5-12(18)13(19)7-15(10)21-16/h2-5,7,14,16-20H,6H2,1H3/t14-,16-/m0/s1. The fourth-order valence-corrected chi connectivity index (χ4v) is 2.51. The van der Waals surface area contributed by atoms with Crippen LogP contribution in [0.15, 0.2) is 30.3 Å². The van der Waals surface area contributed by atoms with Gasteiger partial charge >= 0.3 is 0 Å². The highest BCUT2D eigenvalue weighted by Crippen LogP contribution is 2.41. The van der Waals surface area contributed by atoms with Crippen LogP contribution in [0.5, 0.6) is 23.0 Å². The molecule has 5 heteroatoms. The fraction of sp³-hybridized carbons (Fsp3) is 0.250. The summed E-state index contributed by atoms with van der Waals surface area (Å²) in [5, 5.41) is 39.1. The predicted octanol–water partition coefficient (Wildman–Crippen LogP) is 2.15. The van der Waals surface area contributed by atoms with Gasteiger partial charge in [-0.3, -0.25) is 0 Å². The number of ether oxygens (including phenoxy) is 1. The lowest BCUT2D eigenvalue weighted by atomic mass is 9.94. The van der Waals surface area contributed by atoms with Crippen molar-refractivity contribution in [3.05, 3.63) is 47.0 Å². The van der Waals surface area contributed by atoms with E-state index < -0.39 is 12.2 Å². The highest BCUT2D eigenvalue weighted by atomic mass is 16.5. The Kier molecular flexibility index (Phi) is 3.14. The molecule has 1 aliphatic heterocycles. The molecule has 0 unspecified atom stereocenters. The van der Waals surface area contributed by atoms with Crippen LogP contribution in [0.1, 0.15) is 22.8 Å². The highest BCUT2D eigenvalue weighted by Gasteiger charge is 2.31. The van der Waals surface area contributed by atoms with Gasteiger partial charge in [-0.2, -0.15) is 0 Å². The lowest BCUT2D eigenvalue weighted by Crippen LogP contribution is -2.30. The molecule has 0 radical (unpaired) electrons. The Labute approximate surface area is 121 Å². The smallest absolute Gasteiger partial charge is 0.161 e. The van der Waals surface area contributed by atoms with Crippen molar-refractivity contribution >= 4 is 0 Å². The summed E-state index contributed by atoms with van der Waals surface area (Å²) in [6, 6.07) is 7.82. The first-order valence-electron chi connectivity index (χ1n) is 6.65. The van der Waals surface area contributed by atoms with Gasteiger partial charge in [0.1, 0.15) is 17.6 Å². The molecule has 110 valence electrons. The Hall–Kier alpha value is -2.40. The zero-order valence-electron chi connectivity index (χ0n) is 11.4. The Morgan fingerprint density at radius 1 is 1.00 bits per heavy atom. The van der Waals surface area contributed by atoms with Crippen LogP contribution in [-0.2, 0) is 6.42 Å². The van der Waals surface area contributed by atoms with Crippen LogP contribution >= 0.6 is 0 Å². The minimum Gasteiger partial charge on any atom is -0.508 e. The summed E-state index contributed by atoms with van der Waals surface area (Å²) >= 11 is 0. The number of hydrogen-bond acceptors (Lipinski definition) is 5. The maximum atomic E-state index is 10.2. The van der Waals surface area contributed by atoms with Crippen LogP contribution in [0.4, 0.5) is 0 Å². The van der Waals surface area contributed by atoms with Gasteiger partial charge in [-0.25, -0.2) is 0 Å². The lowest BCUT2D eigenvalue weighted by Gasteiger charge is -2.31. The molecule has 0 saturated heterocycles. The van der Waals surface area contributed by atoms with Crippen molar-refractivity contribution in [1.82, 2.24) is 0 Å². The summed E-state index contributed by atoms with van der Waals surface area (Å²) < 4.78 is 5.73. The average Bonchev–Trinajstić information content (AvgIpc) is 2.43. The Morgan fingerprint density at radius 3 is 2.43 bits per heavy atom. The molecule has 0 aromatic heterocycles. The van der Waals surface area contributed by atoms with Crippen molar-refractivity contribution in [2.24, 2.45) is 0 Å². The van der Waals surface area contributed by atoms with Crippen LogP contribution < -0.4 is 4.74 Å². The molecule has 1 aliphatic rings. The van der Waals surface area contributed by atoms with Gasteiger partial charge in [-0.1, -0.05) is 12.1 Å². The number of benzene rings is 2. The summed E-state index contributed by atoms with van der Waals surface area (Å²) in [6.07, 6.45) is -1.14. The third-order valence-electron chi connectivity index (χ3n) is 3.75. The molecule has 5 nitrogen and oxygen atoms in total. The van der Waals surface area contributed by atoms with E-state index >= 15 is 0 Å². The van der Waals surface area contributed by atoms with E-state index in [1.807, 2.05) is 0 Å². The Bertz CT molecular complexity index is 695. The maximum Gasteiger partial charge on any atom is 0.161 e. The average molecular weight is 288 g/mol. The minimum atomic E-state index is -0.802. The molecule has 2 aromatic carbocycles. The number of aryl methyl sites for hydroxylation is 1. The predicted molar refractivity (Wildman–Crippen MR) is 75.7 cm³/mol. The molecule has 3 rings (SSSR count). The van der Waals surface area contributed by atoms with E-state index in [0.29, 0.717) is 23.3 Å². The largest absolute Gasteiger partial charge is 0.508 e. The van der Waals surface area contributed by atoms with E-state index in [9.17, 15) is 20.4 Å². The van der Waals surface area contributed by atoms with Crippen LogP contribution in [0.2, 0.25) is 0 Å². The molecule has 4 N–H and O–H groups in total. The molecule has 0 fully saturated rings. The van der Waals surface area contributed by atoms with Gasteiger partial charge in [0, 0.05) is 18.1 Å². The van der Waals surface area contributed by atoms with Crippen molar-refractivity contribution in [3.8, 4) is 23.0 Å². The zero-order valence-corrected chi connectivity index (χ0v) is 11.4. The molecule has 0 spiro atoms. The second kappa shape index (κ2) is 4.86. The molecular formula is C16H16O5. The van der Waals surface area contributed by atoms with Gasteiger partial charge in [-0.05, 0) is 30.2 Å². The highest BCUT2D eigenvalue weighted by molar-refractivity contribution is 5.51. The van der Waals surface area contributed by atoms with E-state index in [-0.39, 0.29) is 17.2 Å². The second-order valence-electron chi connectivity index (χ2n) is 5.30. The number of phenols is 3. The third kappa shape index (κ3) is 2.36. The van der Waals surface area contributed by atoms with Gasteiger partial charge in [0.2, 0.25) is 0 Å². The normalized spacial score (nSPS) is 20.7. The number of aliphatic hydroxyl groups is 1. The third-order valence-corrected chi connectivity index (χ3v) is 3.75. The first kappa shape index (κ1) is 13.6. The quantitative estimate of drug-likeness (QED) is 0.604. The summed E-state index contributed by atoms with van der Waals surface area (Å²) in [5.41, 5.74) is 2.03. The summed E-state index contributed by atoms with van der Waals surface area (Å²) in [5.74, 6) is 0.0509. The topological polar surface area (TPSA) is 90.2 Å². The van der Waals surface area contributed by atoms with Crippen molar-refractivity contribution in [2.45, 2.75) is 25.6 Å². The molecule has 2 atom stereocenters. The number of aliphatic hydroxyl groups excluding tert-OH is 1. The maximum absolute atomic E-state index is 10.2. The summed E-state index contributed by atoms with van der Waals surface area (Å²) in [4.78, 5) is 0. The molecule has 2 aromatic rings. The number of fused-ring (bicyclic) bond motifs is 1. The molecule has 21 heavy (non-hydrogen) atoms. The van der Waals surface area contributed by atoms with Gasteiger partial charge in [0.25, 0.3) is 0 Å². The van der Waals surface area contributed by atoms with E-state index in [1.54, 1.807) is 25.1 Å². The zero-order chi connectivity index (χ0) is 15.1. The molecular weight excluding hydrogens is 272 g/mol. The number of phenolic OH excluding ortho intramolecular Hbond substituents is 3. The van der Waals surface area contributed by atoms with Crippen LogP contribution in [-0.4, -0.2) is 26.5 Å². The van der Waals surface area contributed by atoms with E-state index in [1.165, 1.54) is 12.1 Å². The first-order valence-corrected chi connectivity index (χ1v) is 6.65. The van der Waals surface area contributed by atoms with Crippen molar-refractivity contribution in [3.63, 3.8) is 0 Å². The van der Waals surface area contributed by atoms with Crippen LogP contribution in [0, 0.1) is 6.92 Å². The van der Waals surface area contributed by atoms with Crippen molar-refractivity contribution in [2.75, 3.05) is 0 Å². The van der Waals surface area contributed by atoms with E-state index in [4.69, 9.17) is 4.74 Å². The molecule has 0 saturated carbocycles. The van der Waals surface area contributed by atoms with E-state index in [2.05, 4.69) is 0 Å². The van der Waals surface area contributed by atoms with Gasteiger partial charge in [0.05, 0.1) is 6.10 Å². The van der Waals surface area contributed by atoms with Crippen LogP contribution in [0.3, 0.4) is 0 Å². The van der Waals surface area contributed by atoms with Gasteiger partial charge < -0.3 is 25.2 Å². The van der Waals surface area contributed by atoms with Crippen molar-refractivity contribution in [1.29, 1.82) is 0 Å². The number of rotatable bonds is 1. The SMILES string of the molecule is Cc1ccc([C@@H]2Oc3cc(O)c(O)cc3C[C@@H]2O)cc1O. The van der Waals surface area contributed by atoms with Crippen molar-refractivity contribution < 1.29 is 25.2 Å². The van der Waals surface area contributed by atoms with E-state index in [0.717, 1.165) is 5.56 Å². The van der Waals surface area contributed by atoms with Crippen LogP contribution in [0.25, 0.3) is 0 Å². The Morgan fingerprint density at radius 2 is 1.71 bits per heavy atom. The monoisotopic (exact) mass is 288 g/mol.